The molecular weight excluding hydrogens is 444 g/mol. The highest BCUT2D eigenvalue weighted by Crippen LogP contribution is 2.32. The Morgan fingerprint density at radius 3 is 2.00 bits per heavy atom. The third-order valence-electron chi connectivity index (χ3n) is 4.45. The minimum absolute atomic E-state index is 0.0209. The highest BCUT2D eigenvalue weighted by atomic mass is 79.9. The molecule has 0 aliphatic rings. The summed E-state index contributed by atoms with van der Waals surface area (Å²) in [5.74, 6) is 1.55. The SMILES string of the molecule is CC(C)(C)c1ccc(OC(=O)c2ccc(OCCOc3ccccc3)cc2)c(Br)c1. The molecule has 0 amide bonds. The molecule has 0 radical (unpaired) electrons. The van der Waals surface area contributed by atoms with Gasteiger partial charge in [0.1, 0.15) is 30.5 Å². The number of hydrogen-bond acceptors (Lipinski definition) is 4. The Morgan fingerprint density at radius 2 is 1.43 bits per heavy atom. The van der Waals surface area contributed by atoms with E-state index >= 15 is 0 Å². The molecule has 5 heteroatoms. The Bertz CT molecular complexity index is 976. The predicted molar refractivity (Wildman–Crippen MR) is 122 cm³/mol. The molecule has 3 rings (SSSR count). The van der Waals surface area contributed by atoms with E-state index in [2.05, 4.69) is 36.7 Å². The second kappa shape index (κ2) is 9.81. The summed E-state index contributed by atoms with van der Waals surface area (Å²) in [7, 11) is 0. The van der Waals surface area contributed by atoms with E-state index in [0.717, 1.165) is 15.8 Å². The number of rotatable bonds is 7. The van der Waals surface area contributed by atoms with Crippen molar-refractivity contribution in [1.82, 2.24) is 0 Å². The van der Waals surface area contributed by atoms with Crippen LogP contribution >= 0.6 is 15.9 Å². The van der Waals surface area contributed by atoms with Crippen molar-refractivity contribution < 1.29 is 19.0 Å². The molecule has 0 fully saturated rings. The van der Waals surface area contributed by atoms with Crippen LogP contribution < -0.4 is 14.2 Å². The minimum Gasteiger partial charge on any atom is -0.490 e. The number of esters is 1. The van der Waals surface area contributed by atoms with Gasteiger partial charge >= 0.3 is 5.97 Å². The lowest BCUT2D eigenvalue weighted by Crippen LogP contribution is -2.12. The molecule has 0 spiro atoms. The van der Waals surface area contributed by atoms with Crippen molar-refractivity contribution >= 4 is 21.9 Å². The van der Waals surface area contributed by atoms with Crippen LogP contribution in [-0.2, 0) is 5.41 Å². The molecular formula is C25H25BrO4. The molecule has 0 heterocycles. The number of halogens is 1. The highest BCUT2D eigenvalue weighted by Gasteiger charge is 2.17. The van der Waals surface area contributed by atoms with E-state index in [1.54, 1.807) is 24.3 Å². The van der Waals surface area contributed by atoms with Gasteiger partial charge in [0.2, 0.25) is 0 Å². The van der Waals surface area contributed by atoms with Gasteiger partial charge in [-0.1, -0.05) is 45.0 Å². The third kappa shape index (κ3) is 6.10. The average molecular weight is 469 g/mol. The Hall–Kier alpha value is -2.79. The van der Waals surface area contributed by atoms with Crippen LogP contribution in [-0.4, -0.2) is 19.2 Å². The van der Waals surface area contributed by atoms with Crippen molar-refractivity contribution in [2.75, 3.05) is 13.2 Å². The first-order valence-corrected chi connectivity index (χ1v) is 10.6. The maximum atomic E-state index is 12.5. The van der Waals surface area contributed by atoms with Crippen LogP contribution in [0.25, 0.3) is 0 Å². The standard InChI is InChI=1S/C25H25BrO4/c1-25(2,3)19-11-14-23(22(26)17-19)30-24(27)18-9-12-21(13-10-18)29-16-15-28-20-7-5-4-6-8-20/h4-14,17H,15-16H2,1-3H3. The monoisotopic (exact) mass is 468 g/mol. The zero-order valence-electron chi connectivity index (χ0n) is 17.4. The molecule has 3 aromatic rings. The maximum absolute atomic E-state index is 12.5. The summed E-state index contributed by atoms with van der Waals surface area (Å²) in [5, 5.41) is 0. The molecule has 0 saturated heterocycles. The number of benzene rings is 3. The Kier molecular flexibility index (Phi) is 7.16. The van der Waals surface area contributed by atoms with Crippen LogP contribution in [0, 0.1) is 0 Å². The van der Waals surface area contributed by atoms with Gasteiger partial charge in [0, 0.05) is 0 Å². The second-order valence-corrected chi connectivity index (χ2v) is 8.67. The largest absolute Gasteiger partial charge is 0.490 e. The van der Waals surface area contributed by atoms with E-state index in [0.29, 0.717) is 30.3 Å². The van der Waals surface area contributed by atoms with E-state index in [1.807, 2.05) is 48.5 Å². The van der Waals surface area contributed by atoms with Gasteiger partial charge < -0.3 is 14.2 Å². The lowest BCUT2D eigenvalue weighted by atomic mass is 9.87. The second-order valence-electron chi connectivity index (χ2n) is 7.82. The minimum atomic E-state index is -0.418. The zero-order chi connectivity index (χ0) is 21.6. The highest BCUT2D eigenvalue weighted by molar-refractivity contribution is 9.10. The summed E-state index contributed by atoms with van der Waals surface area (Å²) < 4.78 is 17.5. The zero-order valence-corrected chi connectivity index (χ0v) is 18.9. The van der Waals surface area contributed by atoms with E-state index in [1.165, 1.54) is 0 Å². The summed E-state index contributed by atoms with van der Waals surface area (Å²) in [5.41, 5.74) is 1.63. The van der Waals surface area contributed by atoms with Crippen molar-refractivity contribution in [2.45, 2.75) is 26.2 Å². The van der Waals surface area contributed by atoms with E-state index < -0.39 is 5.97 Å². The first-order chi connectivity index (χ1) is 14.3. The lowest BCUT2D eigenvalue weighted by molar-refractivity contribution is 0.0733. The van der Waals surface area contributed by atoms with Crippen LogP contribution in [0.3, 0.4) is 0 Å². The fourth-order valence-electron chi connectivity index (χ4n) is 2.73. The molecule has 0 saturated carbocycles. The quantitative estimate of drug-likeness (QED) is 0.228. The molecule has 30 heavy (non-hydrogen) atoms. The molecule has 0 N–H and O–H groups in total. The number of ether oxygens (including phenoxy) is 3. The molecule has 3 aromatic carbocycles. The molecule has 0 aliphatic heterocycles. The van der Waals surface area contributed by atoms with E-state index in [4.69, 9.17) is 14.2 Å². The molecule has 156 valence electrons. The first-order valence-electron chi connectivity index (χ1n) is 9.76. The molecule has 0 aliphatic carbocycles. The summed E-state index contributed by atoms with van der Waals surface area (Å²) >= 11 is 3.50. The number of carbonyl (C=O) groups excluding carboxylic acids is 1. The Balaban J connectivity index is 1.52. The predicted octanol–water partition coefficient (Wildman–Crippen LogP) is 6.42. The maximum Gasteiger partial charge on any atom is 0.343 e. The van der Waals surface area contributed by atoms with Crippen molar-refractivity contribution in [3.63, 3.8) is 0 Å². The van der Waals surface area contributed by atoms with Crippen LogP contribution in [0.1, 0.15) is 36.7 Å². The normalized spacial score (nSPS) is 11.1. The number of carbonyl (C=O) groups is 1. The lowest BCUT2D eigenvalue weighted by Gasteiger charge is -2.20. The van der Waals surface area contributed by atoms with Crippen molar-refractivity contribution in [1.29, 1.82) is 0 Å². The topological polar surface area (TPSA) is 44.8 Å². The molecule has 0 aromatic heterocycles. The Morgan fingerprint density at radius 1 is 0.833 bits per heavy atom. The van der Waals surface area contributed by atoms with Gasteiger partial charge in [-0.2, -0.15) is 0 Å². The van der Waals surface area contributed by atoms with Gasteiger partial charge in [-0.05, 0) is 75.4 Å². The number of hydrogen-bond donors (Lipinski definition) is 0. The van der Waals surface area contributed by atoms with Gasteiger partial charge in [0.25, 0.3) is 0 Å². The number of para-hydroxylation sites is 1. The fraction of sp³-hybridized carbons (Fsp3) is 0.240. The summed E-state index contributed by atoms with van der Waals surface area (Å²) in [4.78, 5) is 12.5. The van der Waals surface area contributed by atoms with Gasteiger partial charge in [-0.15, -0.1) is 0 Å². The van der Waals surface area contributed by atoms with Crippen molar-refractivity contribution in [3.05, 3.63) is 88.4 Å². The summed E-state index contributed by atoms with van der Waals surface area (Å²) in [6.45, 7) is 7.26. The van der Waals surface area contributed by atoms with E-state index in [9.17, 15) is 4.79 Å². The summed E-state index contributed by atoms with van der Waals surface area (Å²) in [6.07, 6.45) is 0. The molecule has 0 atom stereocenters. The van der Waals surface area contributed by atoms with Crippen molar-refractivity contribution in [3.8, 4) is 17.2 Å². The molecule has 4 nitrogen and oxygen atoms in total. The van der Waals surface area contributed by atoms with Crippen LogP contribution in [0.4, 0.5) is 0 Å². The van der Waals surface area contributed by atoms with Gasteiger partial charge in [0.05, 0.1) is 10.0 Å². The van der Waals surface area contributed by atoms with Crippen LogP contribution in [0.2, 0.25) is 0 Å². The van der Waals surface area contributed by atoms with Crippen LogP contribution in [0.15, 0.2) is 77.3 Å². The smallest absolute Gasteiger partial charge is 0.343 e. The van der Waals surface area contributed by atoms with Crippen molar-refractivity contribution in [2.24, 2.45) is 0 Å². The van der Waals surface area contributed by atoms with Gasteiger partial charge in [-0.3, -0.25) is 0 Å². The molecule has 0 unspecified atom stereocenters. The average Bonchev–Trinajstić information content (AvgIpc) is 2.73. The first kappa shape index (κ1) is 21.9. The van der Waals surface area contributed by atoms with E-state index in [-0.39, 0.29) is 5.41 Å². The van der Waals surface area contributed by atoms with Crippen LogP contribution in [0.5, 0.6) is 17.2 Å². The van der Waals surface area contributed by atoms with Gasteiger partial charge in [-0.25, -0.2) is 4.79 Å². The fourth-order valence-corrected chi connectivity index (χ4v) is 3.19. The van der Waals surface area contributed by atoms with Gasteiger partial charge in [0.15, 0.2) is 0 Å². The Labute approximate surface area is 185 Å². The third-order valence-corrected chi connectivity index (χ3v) is 5.07. The summed E-state index contributed by atoms with van der Waals surface area (Å²) in [6, 6.07) is 22.2. The molecule has 0 bridgehead atoms.